The van der Waals surface area contributed by atoms with Gasteiger partial charge >= 0.3 is 12.0 Å². The van der Waals surface area contributed by atoms with Gasteiger partial charge in [0.05, 0.1) is 0 Å². The molecule has 6 nitrogen and oxygen atoms in total. The van der Waals surface area contributed by atoms with E-state index < -0.39 is 0 Å². The molecule has 2 fully saturated rings. The lowest BCUT2D eigenvalue weighted by Crippen LogP contribution is -2.42. The van der Waals surface area contributed by atoms with E-state index >= 15 is 0 Å². The second-order valence-electron chi connectivity index (χ2n) is 6.08. The Hall–Kier alpha value is -2.15. The molecule has 1 aromatic rings. The molecule has 2 saturated heterocycles. The van der Waals surface area contributed by atoms with Crippen LogP contribution in [0.25, 0.3) is 0 Å². The van der Waals surface area contributed by atoms with Crippen molar-refractivity contribution < 1.29 is 18.7 Å². The van der Waals surface area contributed by atoms with Gasteiger partial charge < -0.3 is 15.4 Å². The Kier molecular flexibility index (Phi) is 4.47. The molecule has 3 rings (SSSR count). The van der Waals surface area contributed by atoms with Gasteiger partial charge in [-0.25, -0.2) is 9.18 Å². The summed E-state index contributed by atoms with van der Waals surface area (Å²) in [4.78, 5) is 25.8. The van der Waals surface area contributed by atoms with Gasteiger partial charge in [-0.1, -0.05) is 0 Å². The lowest BCUT2D eigenvalue weighted by molar-refractivity contribution is -0.144. The summed E-state index contributed by atoms with van der Waals surface area (Å²) in [7, 11) is 0. The molecule has 0 saturated carbocycles. The van der Waals surface area contributed by atoms with E-state index in [1.54, 1.807) is 0 Å². The molecule has 0 aromatic heterocycles. The molecule has 0 spiro atoms. The van der Waals surface area contributed by atoms with E-state index in [-0.39, 0.29) is 36.0 Å². The number of anilines is 1. The number of urea groups is 1. The van der Waals surface area contributed by atoms with Crippen LogP contribution in [0.2, 0.25) is 0 Å². The van der Waals surface area contributed by atoms with E-state index in [4.69, 9.17) is 4.74 Å². The van der Waals surface area contributed by atoms with Crippen molar-refractivity contribution in [2.75, 3.05) is 18.4 Å². The third-order valence-electron chi connectivity index (χ3n) is 4.24. The van der Waals surface area contributed by atoms with Crippen LogP contribution >= 0.6 is 0 Å². The number of carbonyl (C=O) groups is 2. The number of halogens is 1. The molecule has 0 unspecified atom stereocenters. The van der Waals surface area contributed by atoms with E-state index in [1.807, 2.05) is 6.92 Å². The highest BCUT2D eigenvalue weighted by Crippen LogP contribution is 2.23. The predicted molar refractivity (Wildman–Crippen MR) is 82.5 cm³/mol. The lowest BCUT2D eigenvalue weighted by Gasteiger charge is -2.20. The van der Waals surface area contributed by atoms with Crippen molar-refractivity contribution in [1.82, 2.24) is 10.2 Å². The number of ether oxygens (including phenoxy) is 1. The molecule has 0 bridgehead atoms. The normalized spacial score (nSPS) is 27.7. The molecule has 3 atom stereocenters. The first kappa shape index (κ1) is 15.7. The monoisotopic (exact) mass is 321 g/mol. The van der Waals surface area contributed by atoms with Gasteiger partial charge in [0.15, 0.2) is 0 Å². The fourth-order valence-corrected chi connectivity index (χ4v) is 3.11. The molecule has 2 aliphatic rings. The summed E-state index contributed by atoms with van der Waals surface area (Å²) in [6.45, 7) is 3.27. The highest BCUT2D eigenvalue weighted by Gasteiger charge is 2.39. The Morgan fingerprint density at radius 3 is 2.74 bits per heavy atom. The van der Waals surface area contributed by atoms with Gasteiger partial charge in [0.1, 0.15) is 18.0 Å². The van der Waals surface area contributed by atoms with Gasteiger partial charge in [-0.2, -0.15) is 0 Å². The van der Waals surface area contributed by atoms with Crippen LogP contribution in [0, 0.1) is 5.82 Å². The Labute approximate surface area is 134 Å². The van der Waals surface area contributed by atoms with E-state index in [0.717, 1.165) is 13.0 Å². The highest BCUT2D eigenvalue weighted by molar-refractivity contribution is 5.89. The number of amides is 2. The van der Waals surface area contributed by atoms with Crippen LogP contribution in [-0.2, 0) is 9.53 Å². The van der Waals surface area contributed by atoms with Crippen molar-refractivity contribution in [3.8, 4) is 0 Å². The average Bonchev–Trinajstić information content (AvgIpc) is 3.07. The van der Waals surface area contributed by atoms with E-state index in [1.165, 1.54) is 24.3 Å². The number of rotatable bonds is 3. The van der Waals surface area contributed by atoms with Gasteiger partial charge in [-0.05, 0) is 37.6 Å². The van der Waals surface area contributed by atoms with E-state index in [2.05, 4.69) is 15.5 Å². The Morgan fingerprint density at radius 1 is 1.35 bits per heavy atom. The quantitative estimate of drug-likeness (QED) is 0.832. The third-order valence-corrected chi connectivity index (χ3v) is 4.24. The van der Waals surface area contributed by atoms with Crippen LogP contribution in [0.1, 0.15) is 19.8 Å². The van der Waals surface area contributed by atoms with Crippen LogP contribution in [0.15, 0.2) is 24.3 Å². The van der Waals surface area contributed by atoms with Crippen molar-refractivity contribution in [3.05, 3.63) is 30.1 Å². The molecule has 124 valence electrons. The van der Waals surface area contributed by atoms with Crippen LogP contribution in [0.5, 0.6) is 0 Å². The van der Waals surface area contributed by atoms with Crippen molar-refractivity contribution in [2.45, 2.75) is 38.0 Å². The van der Waals surface area contributed by atoms with Gasteiger partial charge in [0.25, 0.3) is 0 Å². The summed E-state index contributed by atoms with van der Waals surface area (Å²) in [5.41, 5.74) is 0.534. The zero-order chi connectivity index (χ0) is 16.4. The number of esters is 1. The number of cyclic esters (lactones) is 1. The van der Waals surface area contributed by atoms with Crippen LogP contribution < -0.4 is 10.6 Å². The lowest BCUT2D eigenvalue weighted by atomic mass is 10.1. The number of hydrogen-bond acceptors (Lipinski definition) is 4. The minimum Gasteiger partial charge on any atom is -0.461 e. The van der Waals surface area contributed by atoms with Crippen LogP contribution in [-0.4, -0.2) is 48.2 Å². The van der Waals surface area contributed by atoms with Gasteiger partial charge in [-0.15, -0.1) is 0 Å². The number of benzene rings is 1. The predicted octanol–water partition coefficient (Wildman–Crippen LogP) is 1.73. The maximum atomic E-state index is 12.8. The van der Waals surface area contributed by atoms with Crippen molar-refractivity contribution in [2.24, 2.45) is 0 Å². The number of likely N-dealkylation sites (tertiary alicyclic amines) is 1. The van der Waals surface area contributed by atoms with E-state index in [9.17, 15) is 14.0 Å². The number of hydrogen-bond donors (Lipinski definition) is 2. The van der Waals surface area contributed by atoms with Crippen molar-refractivity contribution in [3.63, 3.8) is 0 Å². The Bertz CT molecular complexity index is 593. The standard InChI is InChI=1S/C16H20FN3O3/c1-10-8-14(15(21)23-10)20-7-6-13(9-20)19-16(22)18-12-4-2-11(17)3-5-12/h2-5,10,13-14H,6-9H2,1H3,(H2,18,19,22)/t10-,13-,14-/m1/s1. The third kappa shape index (κ3) is 3.79. The molecule has 23 heavy (non-hydrogen) atoms. The molecule has 0 aliphatic carbocycles. The van der Waals surface area contributed by atoms with Crippen molar-refractivity contribution in [1.29, 1.82) is 0 Å². The molecule has 2 N–H and O–H groups in total. The minimum atomic E-state index is -0.347. The van der Waals surface area contributed by atoms with Crippen LogP contribution in [0.3, 0.4) is 0 Å². The number of carbonyl (C=O) groups excluding carboxylic acids is 2. The zero-order valence-corrected chi connectivity index (χ0v) is 12.9. The summed E-state index contributed by atoms with van der Waals surface area (Å²) in [6.07, 6.45) is 1.45. The van der Waals surface area contributed by atoms with Crippen molar-refractivity contribution >= 4 is 17.7 Å². The van der Waals surface area contributed by atoms with Gasteiger partial charge in [-0.3, -0.25) is 9.69 Å². The largest absolute Gasteiger partial charge is 0.461 e. The highest BCUT2D eigenvalue weighted by atomic mass is 19.1. The molecule has 2 amide bonds. The molecule has 7 heteroatoms. The molecular weight excluding hydrogens is 301 g/mol. The first-order valence-electron chi connectivity index (χ1n) is 7.79. The van der Waals surface area contributed by atoms with Gasteiger partial charge in [0.2, 0.25) is 0 Å². The van der Waals surface area contributed by atoms with E-state index in [0.29, 0.717) is 18.7 Å². The fourth-order valence-electron chi connectivity index (χ4n) is 3.11. The summed E-state index contributed by atoms with van der Waals surface area (Å²) < 4.78 is 18.0. The Balaban J connectivity index is 1.49. The first-order chi connectivity index (χ1) is 11.0. The topological polar surface area (TPSA) is 70.7 Å². The smallest absolute Gasteiger partial charge is 0.323 e. The molecular formula is C16H20FN3O3. The van der Waals surface area contributed by atoms with Crippen LogP contribution in [0.4, 0.5) is 14.9 Å². The number of nitrogens with zero attached hydrogens (tertiary/aromatic N) is 1. The molecule has 0 radical (unpaired) electrons. The summed E-state index contributed by atoms with van der Waals surface area (Å²) >= 11 is 0. The SMILES string of the molecule is C[C@@H]1C[C@@H](N2CC[C@@H](NC(=O)Nc3ccc(F)cc3)C2)C(=O)O1. The Morgan fingerprint density at radius 2 is 2.09 bits per heavy atom. The summed E-state index contributed by atoms with van der Waals surface area (Å²) in [5.74, 6) is -0.519. The first-order valence-corrected chi connectivity index (χ1v) is 7.79. The average molecular weight is 321 g/mol. The minimum absolute atomic E-state index is 0.0147. The molecule has 2 aliphatic heterocycles. The zero-order valence-electron chi connectivity index (χ0n) is 12.9. The second-order valence-corrected chi connectivity index (χ2v) is 6.08. The fraction of sp³-hybridized carbons (Fsp3) is 0.500. The molecule has 2 heterocycles. The maximum Gasteiger partial charge on any atom is 0.323 e. The summed E-state index contributed by atoms with van der Waals surface area (Å²) in [6, 6.07) is 5.05. The maximum absolute atomic E-state index is 12.8. The second kappa shape index (κ2) is 6.54. The van der Waals surface area contributed by atoms with Gasteiger partial charge in [0, 0.05) is 31.2 Å². The summed E-state index contributed by atoms with van der Waals surface area (Å²) in [5, 5.41) is 5.55. The molecule has 1 aromatic carbocycles. The number of nitrogens with one attached hydrogen (secondary N) is 2.